The van der Waals surface area contributed by atoms with E-state index < -0.39 is 0 Å². The minimum atomic E-state index is 0. The van der Waals surface area contributed by atoms with Gasteiger partial charge in [0.15, 0.2) is 0 Å². The summed E-state index contributed by atoms with van der Waals surface area (Å²) in [6, 6.07) is 1.87. The van der Waals surface area contributed by atoms with Gasteiger partial charge in [0.05, 0.1) is 5.02 Å². The van der Waals surface area contributed by atoms with Crippen LogP contribution in [-0.4, -0.2) is 29.9 Å². The number of hydrogen-bond acceptors (Lipinski definition) is 3. The van der Waals surface area contributed by atoms with Crippen LogP contribution < -0.4 is 5.73 Å². The molecule has 2 N–H and O–H groups in total. The second-order valence-corrected chi connectivity index (χ2v) is 4.72. The Labute approximate surface area is 104 Å². The number of nitrogens with zero attached hydrogens (tertiary/aromatic N) is 1. The van der Waals surface area contributed by atoms with Crippen molar-refractivity contribution in [1.29, 1.82) is 0 Å². The highest BCUT2D eigenvalue weighted by atomic mass is 35.5. The zero-order chi connectivity index (χ0) is 10.1. The van der Waals surface area contributed by atoms with E-state index in [0.29, 0.717) is 16.4 Å². The monoisotopic (exact) mass is 266 g/mol. The largest absolute Gasteiger partial charge is 0.336 e. The summed E-state index contributed by atoms with van der Waals surface area (Å²) in [5.41, 5.74) is 5.73. The molecule has 1 fully saturated rings. The quantitative estimate of drug-likeness (QED) is 0.845. The zero-order valence-corrected chi connectivity index (χ0v) is 10.4. The van der Waals surface area contributed by atoms with Gasteiger partial charge in [-0.05, 0) is 17.9 Å². The summed E-state index contributed by atoms with van der Waals surface area (Å²) in [7, 11) is 0. The molecule has 1 amide bonds. The van der Waals surface area contributed by atoms with Crippen LogP contribution in [0.4, 0.5) is 0 Å². The van der Waals surface area contributed by atoms with Crippen LogP contribution in [0.5, 0.6) is 0 Å². The van der Waals surface area contributed by atoms with E-state index in [0.717, 1.165) is 13.0 Å². The molecule has 1 aliphatic heterocycles. The first-order valence-electron chi connectivity index (χ1n) is 4.46. The summed E-state index contributed by atoms with van der Waals surface area (Å²) in [6.45, 7) is 1.39. The van der Waals surface area contributed by atoms with Gasteiger partial charge in [-0.25, -0.2) is 0 Å². The number of amides is 1. The molecule has 0 bridgehead atoms. The summed E-state index contributed by atoms with van der Waals surface area (Å²) in [5, 5.41) is 2.37. The van der Waals surface area contributed by atoms with Gasteiger partial charge in [-0.3, -0.25) is 4.79 Å². The molecule has 0 radical (unpaired) electrons. The van der Waals surface area contributed by atoms with Gasteiger partial charge in [0, 0.05) is 19.1 Å². The van der Waals surface area contributed by atoms with Crippen LogP contribution in [0.3, 0.4) is 0 Å². The highest BCUT2D eigenvalue weighted by Gasteiger charge is 2.26. The van der Waals surface area contributed by atoms with Gasteiger partial charge >= 0.3 is 0 Å². The van der Waals surface area contributed by atoms with Gasteiger partial charge in [0.2, 0.25) is 0 Å². The molecule has 1 aromatic heterocycles. The number of rotatable bonds is 1. The Bertz CT molecular complexity index is 356. The third-order valence-electron chi connectivity index (χ3n) is 2.32. The van der Waals surface area contributed by atoms with E-state index in [2.05, 4.69) is 0 Å². The van der Waals surface area contributed by atoms with Crippen molar-refractivity contribution in [3.63, 3.8) is 0 Å². The summed E-state index contributed by atoms with van der Waals surface area (Å²) in [6.07, 6.45) is 0.884. The smallest absolute Gasteiger partial charge is 0.265 e. The van der Waals surface area contributed by atoms with Gasteiger partial charge in [-0.1, -0.05) is 11.6 Å². The Morgan fingerprint density at radius 2 is 2.40 bits per heavy atom. The molecule has 1 aromatic rings. The summed E-state index contributed by atoms with van der Waals surface area (Å²) >= 11 is 7.26. The maximum absolute atomic E-state index is 11.9. The number of nitrogens with two attached hydrogens (primary N) is 1. The lowest BCUT2D eigenvalue weighted by atomic mass is 10.3. The van der Waals surface area contributed by atoms with Crippen molar-refractivity contribution in [2.45, 2.75) is 12.5 Å². The van der Waals surface area contributed by atoms with Crippen molar-refractivity contribution in [2.24, 2.45) is 5.73 Å². The topological polar surface area (TPSA) is 46.3 Å². The molecule has 2 rings (SSSR count). The van der Waals surface area contributed by atoms with Crippen molar-refractivity contribution in [1.82, 2.24) is 4.90 Å². The third-order valence-corrected chi connectivity index (χ3v) is 3.65. The van der Waals surface area contributed by atoms with E-state index in [1.807, 2.05) is 5.38 Å². The minimum absolute atomic E-state index is 0. The highest BCUT2D eigenvalue weighted by molar-refractivity contribution is 7.12. The van der Waals surface area contributed by atoms with Gasteiger partial charge in [0.25, 0.3) is 5.91 Å². The van der Waals surface area contributed by atoms with Crippen molar-refractivity contribution >= 4 is 41.3 Å². The molecule has 1 atom stereocenters. The number of thiophene rings is 1. The first-order chi connectivity index (χ1) is 6.68. The lowest BCUT2D eigenvalue weighted by Gasteiger charge is -2.14. The molecular formula is C9H12Cl2N2OS. The second-order valence-electron chi connectivity index (χ2n) is 3.40. The number of likely N-dealkylation sites (tertiary alicyclic amines) is 1. The Hall–Kier alpha value is -0.290. The van der Waals surface area contributed by atoms with Crippen molar-refractivity contribution in [3.8, 4) is 0 Å². The first kappa shape index (κ1) is 12.8. The number of hydrogen-bond donors (Lipinski definition) is 1. The average molecular weight is 267 g/mol. The number of carbonyl (C=O) groups is 1. The van der Waals surface area contributed by atoms with Crippen molar-refractivity contribution in [3.05, 3.63) is 21.3 Å². The number of carbonyl (C=O) groups excluding carboxylic acids is 1. The van der Waals surface area contributed by atoms with Gasteiger partial charge in [0.1, 0.15) is 4.88 Å². The average Bonchev–Trinajstić information content (AvgIpc) is 2.73. The number of halogens is 2. The van der Waals surface area contributed by atoms with Crippen molar-refractivity contribution < 1.29 is 4.79 Å². The molecule has 0 aromatic carbocycles. The Morgan fingerprint density at radius 3 is 2.87 bits per heavy atom. The molecule has 1 saturated heterocycles. The predicted octanol–water partition coefficient (Wildman–Crippen LogP) is 2.00. The van der Waals surface area contributed by atoms with Crippen LogP contribution in [0.15, 0.2) is 11.4 Å². The molecule has 15 heavy (non-hydrogen) atoms. The molecular weight excluding hydrogens is 255 g/mol. The van der Waals surface area contributed by atoms with Crippen LogP contribution in [-0.2, 0) is 0 Å². The van der Waals surface area contributed by atoms with Crippen LogP contribution in [0.25, 0.3) is 0 Å². The SMILES string of the molecule is Cl.NC1CCN(C(=O)c2sccc2Cl)C1. The fourth-order valence-corrected chi connectivity index (χ4v) is 2.66. The van der Waals surface area contributed by atoms with E-state index in [-0.39, 0.29) is 24.4 Å². The normalized spacial score (nSPS) is 20.1. The maximum atomic E-state index is 11.9. The fourth-order valence-electron chi connectivity index (χ4n) is 1.56. The van der Waals surface area contributed by atoms with Gasteiger partial charge in [-0.15, -0.1) is 23.7 Å². The maximum Gasteiger partial charge on any atom is 0.265 e. The van der Waals surface area contributed by atoms with E-state index in [1.54, 1.807) is 11.0 Å². The van der Waals surface area contributed by atoms with E-state index in [4.69, 9.17) is 17.3 Å². The molecule has 1 unspecified atom stereocenters. The van der Waals surface area contributed by atoms with E-state index in [9.17, 15) is 4.79 Å². The van der Waals surface area contributed by atoms with Crippen molar-refractivity contribution in [2.75, 3.05) is 13.1 Å². The molecule has 84 valence electrons. The van der Waals surface area contributed by atoms with Crippen LogP contribution in [0, 0.1) is 0 Å². The molecule has 2 heterocycles. The molecule has 3 nitrogen and oxygen atoms in total. The zero-order valence-electron chi connectivity index (χ0n) is 7.98. The summed E-state index contributed by atoms with van der Waals surface area (Å²) in [4.78, 5) is 14.3. The van der Waals surface area contributed by atoms with Crippen LogP contribution in [0.2, 0.25) is 5.02 Å². The fraction of sp³-hybridized carbons (Fsp3) is 0.444. The molecule has 1 aliphatic rings. The third kappa shape index (κ3) is 2.64. The summed E-state index contributed by atoms with van der Waals surface area (Å²) in [5.74, 6) is 0.0120. The molecule has 0 aliphatic carbocycles. The Balaban J connectivity index is 0.00000112. The molecule has 0 spiro atoms. The van der Waals surface area contributed by atoms with Crippen LogP contribution >= 0.6 is 35.3 Å². The summed E-state index contributed by atoms with van der Waals surface area (Å²) < 4.78 is 0. The lowest BCUT2D eigenvalue weighted by molar-refractivity contribution is 0.0796. The Morgan fingerprint density at radius 1 is 1.67 bits per heavy atom. The second kappa shape index (κ2) is 5.16. The minimum Gasteiger partial charge on any atom is -0.336 e. The highest BCUT2D eigenvalue weighted by Crippen LogP contribution is 2.24. The van der Waals surface area contributed by atoms with E-state index in [1.165, 1.54) is 11.3 Å². The predicted molar refractivity (Wildman–Crippen MR) is 65.1 cm³/mol. The molecule has 6 heteroatoms. The van der Waals surface area contributed by atoms with Crippen LogP contribution in [0.1, 0.15) is 16.1 Å². The van der Waals surface area contributed by atoms with Gasteiger partial charge < -0.3 is 10.6 Å². The first-order valence-corrected chi connectivity index (χ1v) is 5.72. The standard InChI is InChI=1S/C9H11ClN2OS.ClH/c10-7-2-4-14-8(7)9(13)12-3-1-6(11)5-12;/h2,4,6H,1,3,5,11H2;1H. The lowest BCUT2D eigenvalue weighted by Crippen LogP contribution is -2.31. The molecule has 0 saturated carbocycles. The van der Waals surface area contributed by atoms with Gasteiger partial charge in [-0.2, -0.15) is 0 Å². The van der Waals surface area contributed by atoms with E-state index >= 15 is 0 Å². The Kier molecular flexibility index (Phi) is 4.40.